The van der Waals surface area contributed by atoms with Gasteiger partial charge in [0.15, 0.2) is 0 Å². The van der Waals surface area contributed by atoms with Crippen molar-refractivity contribution < 1.29 is 22.4 Å². The zero-order valence-electron chi connectivity index (χ0n) is 20.4. The first kappa shape index (κ1) is 25.5. The maximum absolute atomic E-state index is 14.0. The second kappa shape index (κ2) is 11.4. The first-order valence-corrected chi connectivity index (χ1v) is 12.9. The summed E-state index contributed by atoms with van der Waals surface area (Å²) in [5, 5.41) is 3.97. The molecule has 9 nitrogen and oxygen atoms in total. The molecule has 4 rings (SSSR count). The molecule has 0 aliphatic carbocycles. The Hall–Kier alpha value is -3.60. The average Bonchev–Trinajstić information content (AvgIpc) is 3.24. The molecule has 0 saturated heterocycles. The van der Waals surface area contributed by atoms with Crippen molar-refractivity contribution in [1.29, 1.82) is 0 Å². The van der Waals surface area contributed by atoms with Gasteiger partial charge in [-0.25, -0.2) is 12.7 Å². The number of hydrogen-bond donors (Lipinski definition) is 0. The van der Waals surface area contributed by atoms with Gasteiger partial charge in [0, 0.05) is 36.2 Å². The number of anilines is 1. The Morgan fingerprint density at radius 3 is 2.36 bits per heavy atom. The number of rotatable bonds is 11. The Labute approximate surface area is 210 Å². The lowest BCUT2D eigenvalue weighted by atomic mass is 10.0. The summed E-state index contributed by atoms with van der Waals surface area (Å²) in [5.74, 6) is 0.177. The Morgan fingerprint density at radius 2 is 1.69 bits per heavy atom. The van der Waals surface area contributed by atoms with E-state index < -0.39 is 10.0 Å². The molecule has 10 heteroatoms. The first-order chi connectivity index (χ1) is 17.4. The molecule has 0 spiro atoms. The predicted molar refractivity (Wildman–Crippen MR) is 136 cm³/mol. The van der Waals surface area contributed by atoms with Gasteiger partial charge in [-0.05, 0) is 25.5 Å². The molecule has 0 saturated carbocycles. The van der Waals surface area contributed by atoms with Crippen molar-refractivity contribution >= 4 is 15.9 Å². The van der Waals surface area contributed by atoms with Gasteiger partial charge in [-0.15, -0.1) is 0 Å². The number of aromatic nitrogens is 3. The molecule has 4 aromatic rings. The number of nitrogens with zero attached hydrogens (tertiary/aromatic N) is 4. The fourth-order valence-corrected chi connectivity index (χ4v) is 5.33. The highest BCUT2D eigenvalue weighted by Gasteiger charge is 2.31. The molecule has 0 fully saturated rings. The third-order valence-electron chi connectivity index (χ3n) is 5.74. The number of hydrogen-bond acceptors (Lipinski definition) is 8. The largest absolute Gasteiger partial charge is 0.382 e. The number of ether oxygens (including phenoxy) is 2. The van der Waals surface area contributed by atoms with Gasteiger partial charge in [-0.2, -0.15) is 0 Å². The van der Waals surface area contributed by atoms with Crippen molar-refractivity contribution in [3.63, 3.8) is 0 Å². The van der Waals surface area contributed by atoms with Gasteiger partial charge in [0.05, 0.1) is 48.8 Å². The van der Waals surface area contributed by atoms with Crippen LogP contribution in [0.4, 0.5) is 5.88 Å². The monoisotopic (exact) mass is 508 g/mol. The number of sulfonamides is 1. The lowest BCUT2D eigenvalue weighted by Crippen LogP contribution is -2.35. The van der Waals surface area contributed by atoms with E-state index in [2.05, 4.69) is 15.1 Å². The van der Waals surface area contributed by atoms with Crippen LogP contribution in [0.2, 0.25) is 0 Å². The van der Waals surface area contributed by atoms with Crippen LogP contribution < -0.4 is 4.31 Å². The predicted octanol–water partition coefficient (Wildman–Crippen LogP) is 4.27. The van der Waals surface area contributed by atoms with E-state index in [1.807, 2.05) is 30.3 Å². The summed E-state index contributed by atoms with van der Waals surface area (Å²) < 4.78 is 45.3. The molecule has 0 unspecified atom stereocenters. The Balaban J connectivity index is 1.70. The van der Waals surface area contributed by atoms with Gasteiger partial charge >= 0.3 is 0 Å². The van der Waals surface area contributed by atoms with Gasteiger partial charge in [0.1, 0.15) is 0 Å². The quantitative estimate of drug-likeness (QED) is 0.276. The smallest absolute Gasteiger partial charge is 0.267 e. The van der Waals surface area contributed by atoms with E-state index in [1.165, 1.54) is 4.31 Å². The van der Waals surface area contributed by atoms with Crippen molar-refractivity contribution in [1.82, 2.24) is 15.1 Å². The van der Waals surface area contributed by atoms with Crippen LogP contribution in [0.5, 0.6) is 0 Å². The molecule has 0 amide bonds. The molecule has 2 aromatic carbocycles. The molecule has 0 N–H and O–H groups in total. The van der Waals surface area contributed by atoms with Crippen molar-refractivity contribution in [2.24, 2.45) is 0 Å². The van der Waals surface area contributed by atoms with Crippen LogP contribution in [-0.2, 0) is 19.5 Å². The van der Waals surface area contributed by atoms with Gasteiger partial charge in [0.25, 0.3) is 10.0 Å². The topological polar surface area (TPSA) is 108 Å². The number of aryl methyl sites for hydroxylation is 1. The first-order valence-electron chi connectivity index (χ1n) is 11.4. The third kappa shape index (κ3) is 5.46. The Kier molecular flexibility index (Phi) is 8.09. The van der Waals surface area contributed by atoms with E-state index in [9.17, 15) is 8.42 Å². The average molecular weight is 509 g/mol. The van der Waals surface area contributed by atoms with E-state index >= 15 is 0 Å². The lowest BCUT2D eigenvalue weighted by molar-refractivity contribution is 0.0747. The van der Waals surface area contributed by atoms with Crippen molar-refractivity contribution in [2.75, 3.05) is 37.8 Å². The van der Waals surface area contributed by atoms with Gasteiger partial charge in [-0.3, -0.25) is 9.97 Å². The zero-order valence-corrected chi connectivity index (χ0v) is 21.2. The van der Waals surface area contributed by atoms with Crippen LogP contribution in [0.25, 0.3) is 22.4 Å². The normalized spacial score (nSPS) is 11.5. The van der Waals surface area contributed by atoms with Crippen LogP contribution in [0.15, 0.2) is 76.5 Å². The van der Waals surface area contributed by atoms with E-state index in [0.29, 0.717) is 30.0 Å². The molecular weight excluding hydrogens is 480 g/mol. The standard InChI is InChI=1S/C26H28N4O5S/c1-19-20(2)29-35-26(19)30(14-15-34-17-16-33-3)36(31,32)25-7-5-4-6-23(25)21-8-10-22(11-9-21)24-18-27-12-13-28-24/h4-13,18H,14-17H2,1-3H3. The van der Waals surface area contributed by atoms with Crippen molar-refractivity contribution in [3.05, 3.63) is 78.4 Å². The fraction of sp³-hybridized carbons (Fsp3) is 0.269. The summed E-state index contributed by atoms with van der Waals surface area (Å²) in [4.78, 5) is 8.58. The van der Waals surface area contributed by atoms with E-state index in [0.717, 1.165) is 16.8 Å². The fourth-order valence-electron chi connectivity index (χ4n) is 3.68. The maximum atomic E-state index is 14.0. The van der Waals surface area contributed by atoms with Gasteiger partial charge in [-0.1, -0.05) is 47.6 Å². The van der Waals surface area contributed by atoms with E-state index in [-0.39, 0.29) is 23.9 Å². The van der Waals surface area contributed by atoms with Crippen LogP contribution >= 0.6 is 0 Å². The summed E-state index contributed by atoms with van der Waals surface area (Å²) in [6, 6.07) is 14.4. The van der Waals surface area contributed by atoms with Crippen molar-refractivity contribution in [2.45, 2.75) is 18.7 Å². The third-order valence-corrected chi connectivity index (χ3v) is 7.58. The molecule has 36 heavy (non-hydrogen) atoms. The minimum atomic E-state index is -4.03. The summed E-state index contributed by atoms with van der Waals surface area (Å²) >= 11 is 0. The van der Waals surface area contributed by atoms with Crippen LogP contribution in [0.3, 0.4) is 0 Å². The van der Waals surface area contributed by atoms with E-state index in [4.69, 9.17) is 14.0 Å². The molecule has 0 aliphatic rings. The summed E-state index contributed by atoms with van der Waals surface area (Å²) in [6.45, 7) is 4.55. The highest BCUT2D eigenvalue weighted by molar-refractivity contribution is 7.93. The van der Waals surface area contributed by atoms with Gasteiger partial charge < -0.3 is 14.0 Å². The molecule has 2 heterocycles. The Bertz CT molecular complexity index is 1390. The zero-order chi connectivity index (χ0) is 25.5. The van der Waals surface area contributed by atoms with E-state index in [1.54, 1.807) is 57.7 Å². The molecule has 0 atom stereocenters. The molecule has 2 aromatic heterocycles. The minimum Gasteiger partial charge on any atom is -0.382 e. The highest BCUT2D eigenvalue weighted by Crippen LogP contribution is 2.34. The maximum Gasteiger partial charge on any atom is 0.267 e. The van der Waals surface area contributed by atoms with Crippen LogP contribution in [-0.4, -0.2) is 57.0 Å². The summed E-state index contributed by atoms with van der Waals surface area (Å²) in [5.41, 5.74) is 4.22. The number of benzene rings is 2. The minimum absolute atomic E-state index is 0.0570. The van der Waals surface area contributed by atoms with Crippen molar-refractivity contribution in [3.8, 4) is 22.4 Å². The van der Waals surface area contributed by atoms with Crippen LogP contribution in [0, 0.1) is 13.8 Å². The molecule has 0 bridgehead atoms. The molecule has 188 valence electrons. The second-order valence-corrected chi connectivity index (χ2v) is 9.88. The highest BCUT2D eigenvalue weighted by atomic mass is 32.2. The molecule has 0 aliphatic heterocycles. The number of methoxy groups -OCH3 is 1. The second-order valence-electron chi connectivity index (χ2n) is 8.04. The van der Waals surface area contributed by atoms with Crippen LogP contribution in [0.1, 0.15) is 11.3 Å². The van der Waals surface area contributed by atoms with Gasteiger partial charge in [0.2, 0.25) is 5.88 Å². The molecular formula is C26H28N4O5S. The Morgan fingerprint density at radius 1 is 0.944 bits per heavy atom. The summed E-state index contributed by atoms with van der Waals surface area (Å²) in [7, 11) is -2.45. The SMILES string of the molecule is COCCOCCN(c1onc(C)c1C)S(=O)(=O)c1ccccc1-c1ccc(-c2cnccn2)cc1. The summed E-state index contributed by atoms with van der Waals surface area (Å²) in [6.07, 6.45) is 4.93. The lowest BCUT2D eigenvalue weighted by Gasteiger charge is -2.23. The molecule has 0 radical (unpaired) electrons.